The highest BCUT2D eigenvalue weighted by Crippen LogP contribution is 2.27. The summed E-state index contributed by atoms with van der Waals surface area (Å²) in [7, 11) is 0. The number of urea groups is 1. The molecule has 0 aromatic carbocycles. The summed E-state index contributed by atoms with van der Waals surface area (Å²) < 4.78 is 5.97. The van der Waals surface area contributed by atoms with E-state index < -0.39 is 17.5 Å². The number of nitrogens with zero attached hydrogens (tertiary/aromatic N) is 2. The van der Waals surface area contributed by atoms with Crippen molar-refractivity contribution < 1.29 is 19.1 Å². The van der Waals surface area contributed by atoms with Crippen molar-refractivity contribution in [2.45, 2.75) is 12.0 Å². The molecule has 2 aromatic rings. The van der Waals surface area contributed by atoms with Crippen LogP contribution in [0, 0.1) is 0 Å². The summed E-state index contributed by atoms with van der Waals surface area (Å²) >= 11 is 3.32. The quantitative estimate of drug-likeness (QED) is 0.603. The van der Waals surface area contributed by atoms with E-state index in [1.165, 1.54) is 0 Å². The van der Waals surface area contributed by atoms with E-state index in [0.29, 0.717) is 29.6 Å². The maximum atomic E-state index is 12.6. The van der Waals surface area contributed by atoms with E-state index in [1.54, 1.807) is 18.5 Å². The molecular formula is C15H13BrN4O4. The van der Waals surface area contributed by atoms with Gasteiger partial charge in [0.15, 0.2) is 5.78 Å². The van der Waals surface area contributed by atoms with Crippen molar-refractivity contribution in [1.82, 2.24) is 20.2 Å². The van der Waals surface area contributed by atoms with E-state index in [0.717, 1.165) is 9.37 Å². The van der Waals surface area contributed by atoms with E-state index >= 15 is 0 Å². The molecule has 2 aliphatic heterocycles. The van der Waals surface area contributed by atoms with Crippen LogP contribution < -0.4 is 5.32 Å². The number of aromatic nitrogens is 2. The van der Waals surface area contributed by atoms with Crippen molar-refractivity contribution in [1.29, 1.82) is 0 Å². The van der Waals surface area contributed by atoms with Gasteiger partial charge in [-0.15, -0.1) is 0 Å². The molecule has 4 rings (SSSR count). The standard InChI is InChI=1S/C15H13BrN4O4/c16-8-3-9-10(5-18-12(9)17-4-8)11(21)6-20-13(22)15(19-14(20)23)1-2-24-7-15/h3-5H,1-2,6-7H2,(H,17,18)(H,19,23). The van der Waals surface area contributed by atoms with Crippen molar-refractivity contribution in [2.75, 3.05) is 19.8 Å². The fourth-order valence-electron chi connectivity index (χ4n) is 3.09. The fourth-order valence-corrected chi connectivity index (χ4v) is 3.42. The Labute approximate surface area is 144 Å². The Balaban J connectivity index is 1.60. The largest absolute Gasteiger partial charge is 0.378 e. The van der Waals surface area contributed by atoms with Crippen LogP contribution >= 0.6 is 15.9 Å². The summed E-state index contributed by atoms with van der Waals surface area (Å²) in [5.74, 6) is -0.738. The van der Waals surface area contributed by atoms with Crippen molar-refractivity contribution in [3.63, 3.8) is 0 Å². The predicted molar refractivity (Wildman–Crippen MR) is 86.5 cm³/mol. The Kier molecular flexibility index (Phi) is 3.43. The number of carbonyl (C=O) groups is 3. The molecule has 124 valence electrons. The van der Waals surface area contributed by atoms with Crippen LogP contribution in [0.4, 0.5) is 4.79 Å². The predicted octanol–water partition coefficient (Wildman–Crippen LogP) is 1.22. The maximum Gasteiger partial charge on any atom is 0.325 e. The molecule has 0 radical (unpaired) electrons. The number of ether oxygens (including phenoxy) is 1. The number of imide groups is 1. The number of halogens is 1. The molecule has 9 heteroatoms. The Bertz CT molecular complexity index is 871. The molecule has 1 atom stereocenters. The number of pyridine rings is 1. The maximum absolute atomic E-state index is 12.6. The second-order valence-electron chi connectivity index (χ2n) is 5.88. The Hall–Kier alpha value is -2.26. The number of Topliss-reactive ketones (excluding diaryl/α,β-unsaturated/α-hetero) is 1. The number of nitrogens with one attached hydrogen (secondary N) is 2. The number of fused-ring (bicyclic) bond motifs is 1. The minimum atomic E-state index is -1.01. The average molecular weight is 393 g/mol. The number of aromatic amines is 1. The van der Waals surface area contributed by atoms with Crippen LogP contribution in [0.15, 0.2) is 22.9 Å². The van der Waals surface area contributed by atoms with E-state index in [9.17, 15) is 14.4 Å². The highest BCUT2D eigenvalue weighted by molar-refractivity contribution is 9.10. The lowest BCUT2D eigenvalue weighted by Crippen LogP contribution is -2.47. The third-order valence-corrected chi connectivity index (χ3v) is 4.80. The molecule has 2 aliphatic rings. The first-order chi connectivity index (χ1) is 11.5. The first-order valence-corrected chi connectivity index (χ1v) is 8.17. The van der Waals surface area contributed by atoms with Gasteiger partial charge in [-0.05, 0) is 22.0 Å². The number of H-pyrrole nitrogens is 1. The molecule has 2 saturated heterocycles. The second kappa shape index (κ2) is 5.38. The van der Waals surface area contributed by atoms with Gasteiger partial charge in [0.25, 0.3) is 5.91 Å². The van der Waals surface area contributed by atoms with Gasteiger partial charge in [-0.2, -0.15) is 0 Å². The molecule has 0 saturated carbocycles. The van der Waals surface area contributed by atoms with Crippen molar-refractivity contribution in [3.8, 4) is 0 Å². The Morgan fingerprint density at radius 1 is 1.46 bits per heavy atom. The average Bonchev–Trinajstić information content (AvgIpc) is 3.23. The number of hydrogen-bond acceptors (Lipinski definition) is 5. The SMILES string of the molecule is O=C(CN1C(=O)NC2(CCOC2)C1=O)c1c[nH]c2ncc(Br)cc12. The summed E-state index contributed by atoms with van der Waals surface area (Å²) in [4.78, 5) is 45.3. The third kappa shape index (κ3) is 2.23. The van der Waals surface area contributed by atoms with E-state index in [2.05, 4.69) is 31.2 Å². The number of hydrogen-bond donors (Lipinski definition) is 2. The van der Waals surface area contributed by atoms with Gasteiger partial charge in [0, 0.05) is 40.8 Å². The molecule has 24 heavy (non-hydrogen) atoms. The van der Waals surface area contributed by atoms with Gasteiger partial charge in [0.2, 0.25) is 0 Å². The first-order valence-electron chi connectivity index (χ1n) is 7.38. The lowest BCUT2D eigenvalue weighted by molar-refractivity contribution is -0.131. The fraction of sp³-hybridized carbons (Fsp3) is 0.333. The van der Waals surface area contributed by atoms with Crippen molar-refractivity contribution in [3.05, 3.63) is 28.5 Å². The number of amides is 3. The lowest BCUT2D eigenvalue weighted by Gasteiger charge is -2.17. The van der Waals surface area contributed by atoms with Crippen LogP contribution in [0.1, 0.15) is 16.8 Å². The third-order valence-electron chi connectivity index (χ3n) is 4.37. The van der Waals surface area contributed by atoms with Crippen LogP contribution in [0.5, 0.6) is 0 Å². The van der Waals surface area contributed by atoms with Gasteiger partial charge in [0.05, 0.1) is 13.2 Å². The highest BCUT2D eigenvalue weighted by Gasteiger charge is 2.53. The van der Waals surface area contributed by atoms with Gasteiger partial charge in [-0.1, -0.05) is 0 Å². The van der Waals surface area contributed by atoms with Crippen LogP contribution in [-0.2, 0) is 9.53 Å². The van der Waals surface area contributed by atoms with Gasteiger partial charge in [-0.25, -0.2) is 9.78 Å². The molecule has 1 unspecified atom stereocenters. The monoisotopic (exact) mass is 392 g/mol. The Morgan fingerprint density at radius 2 is 2.29 bits per heavy atom. The molecule has 2 fully saturated rings. The molecule has 0 bridgehead atoms. The minimum Gasteiger partial charge on any atom is -0.378 e. The Morgan fingerprint density at radius 3 is 3.04 bits per heavy atom. The molecule has 1 spiro atoms. The van der Waals surface area contributed by atoms with Crippen LogP contribution in [0.25, 0.3) is 11.0 Å². The number of carbonyl (C=O) groups excluding carboxylic acids is 3. The zero-order valence-corrected chi connectivity index (χ0v) is 14.1. The molecular weight excluding hydrogens is 380 g/mol. The molecule has 4 heterocycles. The molecule has 8 nitrogen and oxygen atoms in total. The van der Waals surface area contributed by atoms with E-state index in [-0.39, 0.29) is 18.9 Å². The normalized spacial score (nSPS) is 23.5. The summed E-state index contributed by atoms with van der Waals surface area (Å²) in [5.41, 5.74) is -0.0512. The first kappa shape index (κ1) is 15.3. The summed E-state index contributed by atoms with van der Waals surface area (Å²) in [6.07, 6.45) is 3.58. The minimum absolute atomic E-state index is 0.145. The summed E-state index contributed by atoms with van der Waals surface area (Å²) in [5, 5.41) is 3.30. The molecule has 0 aliphatic carbocycles. The number of ketones is 1. The molecule has 3 amide bonds. The van der Waals surface area contributed by atoms with Crippen LogP contribution in [0.3, 0.4) is 0 Å². The second-order valence-corrected chi connectivity index (χ2v) is 6.80. The number of rotatable bonds is 3. The smallest absolute Gasteiger partial charge is 0.325 e. The van der Waals surface area contributed by atoms with Crippen molar-refractivity contribution in [2.24, 2.45) is 0 Å². The van der Waals surface area contributed by atoms with Gasteiger partial charge < -0.3 is 15.0 Å². The van der Waals surface area contributed by atoms with E-state index in [1.807, 2.05) is 0 Å². The summed E-state index contributed by atoms with van der Waals surface area (Å²) in [6, 6.07) is 1.21. The van der Waals surface area contributed by atoms with Crippen LogP contribution in [0.2, 0.25) is 0 Å². The van der Waals surface area contributed by atoms with Crippen molar-refractivity contribution >= 4 is 44.7 Å². The summed E-state index contributed by atoms with van der Waals surface area (Å²) in [6.45, 7) is 0.244. The lowest BCUT2D eigenvalue weighted by atomic mass is 9.99. The van der Waals surface area contributed by atoms with Gasteiger partial charge in [0.1, 0.15) is 11.2 Å². The zero-order valence-electron chi connectivity index (χ0n) is 12.5. The highest BCUT2D eigenvalue weighted by atomic mass is 79.9. The van der Waals surface area contributed by atoms with E-state index in [4.69, 9.17) is 4.74 Å². The van der Waals surface area contributed by atoms with Crippen LogP contribution in [-0.4, -0.2) is 57.9 Å². The molecule has 2 aromatic heterocycles. The molecule has 2 N–H and O–H groups in total. The zero-order chi connectivity index (χ0) is 16.9. The van der Waals surface area contributed by atoms with Gasteiger partial charge >= 0.3 is 6.03 Å². The van der Waals surface area contributed by atoms with Gasteiger partial charge in [-0.3, -0.25) is 14.5 Å². The topological polar surface area (TPSA) is 104 Å².